The molecule has 0 fully saturated rings. The summed E-state index contributed by atoms with van der Waals surface area (Å²) in [6, 6.07) is 0. The zero-order chi connectivity index (χ0) is 12.9. The van der Waals surface area contributed by atoms with Crippen molar-refractivity contribution in [3.63, 3.8) is 0 Å². The second kappa shape index (κ2) is 5.81. The summed E-state index contributed by atoms with van der Waals surface area (Å²) in [5.41, 5.74) is 9.39. The Morgan fingerprint density at radius 3 is 2.95 bits per heavy atom. The van der Waals surface area contributed by atoms with Gasteiger partial charge in [0.2, 0.25) is 0 Å². The van der Waals surface area contributed by atoms with Gasteiger partial charge in [-0.1, -0.05) is 0 Å². The molecule has 2 aromatic rings. The Balaban J connectivity index is 0.00000133. The van der Waals surface area contributed by atoms with Crippen LogP contribution < -0.4 is 5.73 Å². The van der Waals surface area contributed by atoms with Crippen LogP contribution >= 0.6 is 23.4 Å². The summed E-state index contributed by atoms with van der Waals surface area (Å²) >= 11 is 1.92. The van der Waals surface area contributed by atoms with Crippen LogP contribution in [0.1, 0.15) is 20.8 Å². The van der Waals surface area contributed by atoms with Gasteiger partial charge >= 0.3 is 0 Å². The number of thiophene rings is 1. The quantitative estimate of drug-likeness (QED) is 0.725. The predicted octanol–water partition coefficient (Wildman–Crippen LogP) is 1.91. The van der Waals surface area contributed by atoms with E-state index in [0.717, 1.165) is 35.2 Å². The van der Waals surface area contributed by atoms with Crippen molar-refractivity contribution in [3.8, 4) is 11.3 Å². The third-order valence-electron chi connectivity index (χ3n) is 3.18. The van der Waals surface area contributed by atoms with Crippen LogP contribution in [0.3, 0.4) is 0 Å². The number of nitrogens with two attached hydrogens (primary N) is 1. The van der Waals surface area contributed by atoms with Gasteiger partial charge in [0, 0.05) is 65.9 Å². The number of hydrogen-bond donors (Lipinski definition) is 2. The van der Waals surface area contributed by atoms with Crippen LogP contribution in [-0.2, 0) is 19.9 Å². The molecule has 19 heavy (non-hydrogen) atoms. The zero-order valence-corrected chi connectivity index (χ0v) is 15.6. The zero-order valence-electron chi connectivity index (χ0n) is 10.2. The van der Waals surface area contributed by atoms with Crippen LogP contribution in [0, 0.1) is 41.3 Å². The third kappa shape index (κ3) is 2.40. The van der Waals surface area contributed by atoms with E-state index < -0.39 is 5.91 Å². The summed E-state index contributed by atoms with van der Waals surface area (Å²) in [4.78, 5) is 12.0. The maximum Gasteiger partial charge on any atom is 0.259 e. The van der Waals surface area contributed by atoms with Crippen LogP contribution in [-0.4, -0.2) is 20.2 Å². The first-order valence-corrected chi connectivity index (χ1v) is 7.00. The van der Waals surface area contributed by atoms with Crippen molar-refractivity contribution in [2.45, 2.75) is 17.1 Å². The summed E-state index contributed by atoms with van der Waals surface area (Å²) in [6.07, 6.45) is 3.46. The minimum Gasteiger partial charge on any atom is -0.365 e. The summed E-state index contributed by atoms with van der Waals surface area (Å²) in [6.45, 7) is 0. The molecule has 8 heteroatoms. The smallest absolute Gasteiger partial charge is 0.259 e. The molecule has 3 N–H and O–H groups in total. The number of carbonyl (C=O) groups excluding carboxylic acids is 1. The third-order valence-corrected chi connectivity index (χ3v) is 5.06. The van der Waals surface area contributed by atoms with E-state index >= 15 is 0 Å². The van der Waals surface area contributed by atoms with E-state index in [1.807, 2.05) is 13.2 Å². The molecule has 0 bridgehead atoms. The van der Waals surface area contributed by atoms with Crippen LogP contribution in [0.5, 0.6) is 0 Å². The Bertz CT molecular complexity index is 651. The van der Waals surface area contributed by atoms with Gasteiger partial charge in [-0.2, -0.15) is 5.10 Å². The van der Waals surface area contributed by atoms with E-state index in [9.17, 15) is 9.35 Å². The summed E-state index contributed by atoms with van der Waals surface area (Å²) in [5.74, 6) is -0.429. The van der Waals surface area contributed by atoms with Gasteiger partial charge in [0.05, 0.1) is 21.0 Å². The van der Waals surface area contributed by atoms with E-state index in [-0.39, 0.29) is 41.3 Å². The summed E-state index contributed by atoms with van der Waals surface area (Å²) in [7, 11) is 1.86. The Morgan fingerprint density at radius 2 is 2.32 bits per heavy atom. The fourth-order valence-electron chi connectivity index (χ4n) is 2.43. The SMILES string of the molecule is Cn1ncc2c1-c1c(SO)sc(C(N)=O)c1CC2.[Pr]. The van der Waals surface area contributed by atoms with E-state index in [4.69, 9.17) is 5.73 Å². The molecule has 5 nitrogen and oxygen atoms in total. The number of amides is 1. The average molecular weight is 422 g/mol. The average Bonchev–Trinajstić information content (AvgIpc) is 2.89. The number of aryl methyl sites for hydroxylation is 2. The minimum absolute atomic E-state index is 0. The molecule has 1 aliphatic rings. The van der Waals surface area contributed by atoms with Crippen molar-refractivity contribution < 1.29 is 50.6 Å². The molecule has 0 aliphatic heterocycles. The number of fused-ring (bicyclic) bond motifs is 3. The van der Waals surface area contributed by atoms with Crippen LogP contribution in [0.15, 0.2) is 10.4 Å². The molecule has 2 heterocycles. The second-order valence-electron chi connectivity index (χ2n) is 4.17. The molecule has 2 aromatic heterocycles. The van der Waals surface area contributed by atoms with Gasteiger partial charge in [-0.05, 0) is 24.0 Å². The first-order valence-electron chi connectivity index (χ1n) is 5.41. The van der Waals surface area contributed by atoms with Gasteiger partial charge in [0.25, 0.3) is 5.91 Å². The molecule has 0 atom stereocenters. The number of aromatic nitrogens is 2. The first-order chi connectivity index (χ1) is 8.63. The predicted molar refractivity (Wildman–Crippen MR) is 70.9 cm³/mol. The normalized spacial score (nSPS) is 12.5. The molecular formula is C11H11N3O2PrS2. The van der Waals surface area contributed by atoms with Gasteiger partial charge in [-0.15, -0.1) is 11.3 Å². The van der Waals surface area contributed by atoms with E-state index in [2.05, 4.69) is 5.10 Å². The summed E-state index contributed by atoms with van der Waals surface area (Å²) in [5, 5.41) is 4.24. The number of primary amides is 1. The molecule has 1 amide bonds. The number of rotatable bonds is 2. The van der Waals surface area contributed by atoms with Crippen molar-refractivity contribution in [3.05, 3.63) is 22.2 Å². The second-order valence-corrected chi connectivity index (χ2v) is 6.04. The molecule has 0 spiro atoms. The Kier molecular flexibility index (Phi) is 4.72. The molecular weight excluding hydrogens is 411 g/mol. The number of carbonyl (C=O) groups is 1. The van der Waals surface area contributed by atoms with Gasteiger partial charge in [0.1, 0.15) is 0 Å². The fourth-order valence-corrected chi connectivity index (χ4v) is 4.08. The number of hydrogen-bond acceptors (Lipinski definition) is 5. The fraction of sp³-hybridized carbons (Fsp3) is 0.273. The Hall–Kier alpha value is 0.0536. The summed E-state index contributed by atoms with van der Waals surface area (Å²) < 4.78 is 11.9. The molecule has 1 aliphatic carbocycles. The van der Waals surface area contributed by atoms with Crippen LogP contribution in [0.25, 0.3) is 11.3 Å². The van der Waals surface area contributed by atoms with Gasteiger partial charge in [-0.25, -0.2) is 0 Å². The van der Waals surface area contributed by atoms with Crippen molar-refractivity contribution in [1.82, 2.24) is 9.78 Å². The standard InChI is InChI=1S/C11H11N3O2S2.Pr/c1-14-8-5(4-13-14)2-3-6-7(8)11(18-16)17-9(6)10(12)15;/h4,16H,2-3H2,1H3,(H2,12,15);. The maximum absolute atomic E-state index is 11.5. The monoisotopic (exact) mass is 422 g/mol. The van der Waals surface area contributed by atoms with E-state index in [1.54, 1.807) is 4.68 Å². The maximum atomic E-state index is 11.5. The van der Waals surface area contributed by atoms with Crippen molar-refractivity contribution in [1.29, 1.82) is 0 Å². The molecule has 0 unspecified atom stereocenters. The first kappa shape index (κ1) is 15.4. The van der Waals surface area contributed by atoms with E-state index in [0.29, 0.717) is 21.1 Å². The molecule has 1 radical (unpaired) electrons. The molecule has 0 saturated heterocycles. The van der Waals surface area contributed by atoms with Gasteiger partial charge < -0.3 is 10.3 Å². The van der Waals surface area contributed by atoms with E-state index in [1.165, 1.54) is 11.3 Å². The minimum atomic E-state index is -0.429. The van der Waals surface area contributed by atoms with Gasteiger partial charge in [-0.3, -0.25) is 9.48 Å². The largest absolute Gasteiger partial charge is 0.365 e. The van der Waals surface area contributed by atoms with Crippen LogP contribution in [0.4, 0.5) is 0 Å². The number of nitrogens with zero attached hydrogens (tertiary/aromatic N) is 2. The molecule has 0 saturated carbocycles. The van der Waals surface area contributed by atoms with Crippen molar-refractivity contribution in [2.24, 2.45) is 12.8 Å². The molecule has 3 rings (SSSR count). The Labute approximate surface area is 151 Å². The Morgan fingerprint density at radius 1 is 1.58 bits per heavy atom. The molecule has 97 valence electrons. The van der Waals surface area contributed by atoms with Crippen molar-refractivity contribution in [2.75, 3.05) is 0 Å². The van der Waals surface area contributed by atoms with Gasteiger partial charge in [0.15, 0.2) is 0 Å². The van der Waals surface area contributed by atoms with Crippen molar-refractivity contribution >= 4 is 29.3 Å². The topological polar surface area (TPSA) is 81.1 Å². The molecule has 0 aromatic carbocycles. The van der Waals surface area contributed by atoms with Crippen LogP contribution in [0.2, 0.25) is 0 Å².